The molecular formula is C17H24BrFN2O4S. The second-order valence-corrected chi connectivity index (χ2v) is 10.2. The molecule has 146 valence electrons. The molecule has 1 aliphatic heterocycles. The molecule has 0 bridgehead atoms. The quantitative estimate of drug-likeness (QED) is 0.764. The zero-order valence-electron chi connectivity index (χ0n) is 15.3. The molecule has 0 aliphatic carbocycles. The van der Waals surface area contributed by atoms with Crippen LogP contribution in [-0.4, -0.2) is 49.9 Å². The van der Waals surface area contributed by atoms with Crippen LogP contribution in [0.5, 0.6) is 0 Å². The minimum atomic E-state index is -3.45. The number of nitrogens with one attached hydrogen (secondary N) is 1. The highest BCUT2D eigenvalue weighted by molar-refractivity contribution is 9.10. The van der Waals surface area contributed by atoms with Crippen molar-refractivity contribution in [2.75, 3.05) is 12.8 Å². The number of halogens is 2. The van der Waals surface area contributed by atoms with Crippen molar-refractivity contribution in [3.05, 3.63) is 34.1 Å². The molecule has 1 fully saturated rings. The number of carbonyl (C=O) groups is 1. The Balaban J connectivity index is 2.28. The fourth-order valence-corrected chi connectivity index (χ4v) is 4.37. The topological polar surface area (TPSA) is 75.7 Å². The standard InChI is InChI=1S/C17H24BrFN2O4S/c1-17(2,3)25-16(22)21-6-5-14(20-26(4,23)24)15(21)9-11-7-12(18)10-13(19)8-11/h7-8,10,14-15,20H,5-6,9H2,1-4H3/t14-,15-/m1/s1. The summed E-state index contributed by atoms with van der Waals surface area (Å²) in [5, 5.41) is 0. The molecule has 1 aromatic rings. The summed E-state index contributed by atoms with van der Waals surface area (Å²) in [6.45, 7) is 5.67. The lowest BCUT2D eigenvalue weighted by Gasteiger charge is -2.31. The molecule has 0 saturated carbocycles. The SMILES string of the molecule is CC(C)(C)OC(=O)N1CC[C@@H](NS(C)(=O)=O)[C@H]1Cc1cc(F)cc(Br)c1. The van der Waals surface area contributed by atoms with Crippen LogP contribution in [0.3, 0.4) is 0 Å². The first-order chi connectivity index (χ1) is 11.8. The average molecular weight is 451 g/mol. The van der Waals surface area contributed by atoms with Gasteiger partial charge >= 0.3 is 6.09 Å². The predicted octanol–water partition coefficient (Wildman–Crippen LogP) is 3.06. The van der Waals surface area contributed by atoms with Crippen molar-refractivity contribution in [3.8, 4) is 0 Å². The highest BCUT2D eigenvalue weighted by Gasteiger charge is 2.40. The zero-order chi connectivity index (χ0) is 19.7. The van der Waals surface area contributed by atoms with Gasteiger partial charge in [0.05, 0.1) is 12.3 Å². The number of nitrogens with zero attached hydrogens (tertiary/aromatic N) is 1. The molecule has 1 heterocycles. The van der Waals surface area contributed by atoms with Crippen LogP contribution >= 0.6 is 15.9 Å². The third-order valence-corrected chi connectivity index (χ3v) is 5.10. The third kappa shape index (κ3) is 6.21. The Morgan fingerprint density at radius 2 is 2.04 bits per heavy atom. The summed E-state index contributed by atoms with van der Waals surface area (Å²) < 4.78 is 45.7. The van der Waals surface area contributed by atoms with E-state index in [1.54, 1.807) is 26.8 Å². The number of benzene rings is 1. The van der Waals surface area contributed by atoms with Gasteiger partial charge in [-0.05, 0) is 57.4 Å². The highest BCUT2D eigenvalue weighted by atomic mass is 79.9. The largest absolute Gasteiger partial charge is 0.444 e. The molecule has 0 spiro atoms. The van der Waals surface area contributed by atoms with E-state index in [1.165, 1.54) is 17.0 Å². The van der Waals surface area contributed by atoms with Crippen LogP contribution in [0.2, 0.25) is 0 Å². The van der Waals surface area contributed by atoms with Crippen molar-refractivity contribution in [1.29, 1.82) is 0 Å². The summed E-state index contributed by atoms with van der Waals surface area (Å²) in [4.78, 5) is 14.1. The molecule has 2 atom stereocenters. The molecule has 0 unspecified atom stereocenters. The van der Waals surface area contributed by atoms with Gasteiger partial charge in [-0.2, -0.15) is 0 Å². The number of sulfonamides is 1. The Bertz CT molecular complexity index is 759. The van der Waals surface area contributed by atoms with Crippen molar-refractivity contribution in [1.82, 2.24) is 9.62 Å². The van der Waals surface area contributed by atoms with Crippen molar-refractivity contribution < 1.29 is 22.3 Å². The molecule has 0 radical (unpaired) electrons. The molecule has 1 saturated heterocycles. The molecule has 1 aromatic carbocycles. The maximum atomic E-state index is 13.7. The number of likely N-dealkylation sites (tertiary alicyclic amines) is 1. The Kier molecular flexibility index (Phi) is 6.35. The van der Waals surface area contributed by atoms with Crippen molar-refractivity contribution in [2.45, 2.75) is 51.3 Å². The van der Waals surface area contributed by atoms with E-state index in [0.29, 0.717) is 29.4 Å². The van der Waals surface area contributed by atoms with Crippen molar-refractivity contribution in [2.24, 2.45) is 0 Å². The van der Waals surface area contributed by atoms with Gasteiger partial charge in [-0.15, -0.1) is 0 Å². The number of carbonyl (C=O) groups excluding carboxylic acids is 1. The smallest absolute Gasteiger partial charge is 0.410 e. The molecule has 6 nitrogen and oxygen atoms in total. The minimum Gasteiger partial charge on any atom is -0.444 e. The molecule has 1 amide bonds. The van der Waals surface area contributed by atoms with Crippen molar-refractivity contribution in [3.63, 3.8) is 0 Å². The van der Waals surface area contributed by atoms with E-state index in [2.05, 4.69) is 20.7 Å². The fourth-order valence-electron chi connectivity index (χ4n) is 3.04. The minimum absolute atomic E-state index is 0.308. The van der Waals surface area contributed by atoms with Crippen molar-refractivity contribution >= 4 is 32.0 Å². The van der Waals surface area contributed by atoms with Crippen LogP contribution in [0, 0.1) is 5.82 Å². The zero-order valence-corrected chi connectivity index (χ0v) is 17.7. The molecule has 1 aliphatic rings. The van der Waals surface area contributed by atoms with Gasteiger partial charge in [0.15, 0.2) is 0 Å². The molecular weight excluding hydrogens is 427 g/mol. The highest BCUT2D eigenvalue weighted by Crippen LogP contribution is 2.26. The monoisotopic (exact) mass is 450 g/mol. The second kappa shape index (κ2) is 7.82. The molecule has 2 rings (SSSR count). The first-order valence-corrected chi connectivity index (χ1v) is 10.9. The van der Waals surface area contributed by atoms with E-state index in [0.717, 1.165) is 6.26 Å². The van der Waals surface area contributed by atoms with Gasteiger partial charge in [0.2, 0.25) is 10.0 Å². The molecule has 9 heteroatoms. The van der Waals surface area contributed by atoms with E-state index in [1.807, 2.05) is 0 Å². The lowest BCUT2D eigenvalue weighted by molar-refractivity contribution is 0.0218. The Labute approximate surface area is 162 Å². The van der Waals surface area contributed by atoms with E-state index in [-0.39, 0.29) is 0 Å². The van der Waals surface area contributed by atoms with Crippen LogP contribution in [0.1, 0.15) is 32.8 Å². The molecule has 26 heavy (non-hydrogen) atoms. The normalized spacial score (nSPS) is 21.1. The van der Waals surface area contributed by atoms with E-state index < -0.39 is 39.6 Å². The maximum absolute atomic E-state index is 13.7. The Morgan fingerprint density at radius 1 is 1.38 bits per heavy atom. The summed E-state index contributed by atoms with van der Waals surface area (Å²) in [6, 6.07) is 3.56. The van der Waals surface area contributed by atoms with Gasteiger partial charge in [-0.3, -0.25) is 0 Å². The Hall–Kier alpha value is -1.19. The fraction of sp³-hybridized carbons (Fsp3) is 0.588. The number of amides is 1. The second-order valence-electron chi connectivity index (χ2n) is 7.51. The number of rotatable bonds is 4. The lowest BCUT2D eigenvalue weighted by Crippen LogP contribution is -2.48. The van der Waals surface area contributed by atoms with Gasteiger partial charge in [0.25, 0.3) is 0 Å². The summed E-state index contributed by atoms with van der Waals surface area (Å²) in [5.41, 5.74) is 0.00363. The van der Waals surface area contributed by atoms with Gasteiger partial charge in [-0.25, -0.2) is 22.3 Å². The third-order valence-electron chi connectivity index (χ3n) is 3.91. The van der Waals surface area contributed by atoms with Crippen LogP contribution in [-0.2, 0) is 21.2 Å². The van der Waals surface area contributed by atoms with Gasteiger partial charge in [-0.1, -0.05) is 15.9 Å². The predicted molar refractivity (Wildman–Crippen MR) is 101 cm³/mol. The number of hydrogen-bond donors (Lipinski definition) is 1. The number of ether oxygens (including phenoxy) is 1. The lowest BCUT2D eigenvalue weighted by atomic mass is 10.0. The van der Waals surface area contributed by atoms with E-state index in [4.69, 9.17) is 4.74 Å². The first kappa shape index (κ1) is 21.1. The van der Waals surface area contributed by atoms with Gasteiger partial charge in [0, 0.05) is 17.1 Å². The van der Waals surface area contributed by atoms with Crippen LogP contribution in [0.15, 0.2) is 22.7 Å². The van der Waals surface area contributed by atoms with E-state index >= 15 is 0 Å². The molecule has 1 N–H and O–H groups in total. The average Bonchev–Trinajstić information content (AvgIpc) is 2.76. The summed E-state index contributed by atoms with van der Waals surface area (Å²) in [6.07, 6.45) is 1.35. The Morgan fingerprint density at radius 3 is 2.58 bits per heavy atom. The summed E-state index contributed by atoms with van der Waals surface area (Å²) >= 11 is 3.25. The summed E-state index contributed by atoms with van der Waals surface area (Å²) in [7, 11) is -3.45. The van der Waals surface area contributed by atoms with Gasteiger partial charge < -0.3 is 9.64 Å². The van der Waals surface area contributed by atoms with Crippen LogP contribution in [0.4, 0.5) is 9.18 Å². The van der Waals surface area contributed by atoms with Crippen LogP contribution < -0.4 is 4.72 Å². The number of hydrogen-bond acceptors (Lipinski definition) is 4. The maximum Gasteiger partial charge on any atom is 0.410 e. The molecule has 0 aromatic heterocycles. The van der Waals surface area contributed by atoms with Gasteiger partial charge in [0.1, 0.15) is 11.4 Å². The summed E-state index contributed by atoms with van der Waals surface area (Å²) in [5.74, 6) is -0.399. The van der Waals surface area contributed by atoms with Crippen LogP contribution in [0.25, 0.3) is 0 Å². The first-order valence-electron chi connectivity index (χ1n) is 8.26. The van der Waals surface area contributed by atoms with E-state index in [9.17, 15) is 17.6 Å².